The number of nitrogens with one attached hydrogen (secondary N) is 1. The van der Waals surface area contributed by atoms with Gasteiger partial charge in [0.25, 0.3) is 5.56 Å². The van der Waals surface area contributed by atoms with Gasteiger partial charge in [-0.15, -0.1) is 0 Å². The third-order valence-corrected chi connectivity index (χ3v) is 3.53. The van der Waals surface area contributed by atoms with Crippen molar-refractivity contribution in [2.45, 2.75) is 18.6 Å². The number of nitrogens with zero attached hydrogens (tertiary/aromatic N) is 1. The van der Waals surface area contributed by atoms with Crippen LogP contribution >= 0.6 is 0 Å². The highest BCUT2D eigenvalue weighted by Crippen LogP contribution is 2.32. The summed E-state index contributed by atoms with van der Waals surface area (Å²) in [7, 11) is 0. The van der Waals surface area contributed by atoms with Gasteiger partial charge >= 0.3 is 11.9 Å². The number of aromatic amines is 1. The second kappa shape index (κ2) is 4.73. The third-order valence-electron chi connectivity index (χ3n) is 3.53. The number of benzene rings is 1. The summed E-state index contributed by atoms with van der Waals surface area (Å²) < 4.78 is 45.0. The Kier molecular flexibility index (Phi) is 3.12. The van der Waals surface area contributed by atoms with Gasteiger partial charge in [-0.25, -0.2) is 4.79 Å². The summed E-state index contributed by atoms with van der Waals surface area (Å²) >= 11 is 0. The molecule has 0 spiro atoms. The average molecular weight is 300 g/mol. The van der Waals surface area contributed by atoms with Crippen molar-refractivity contribution in [1.82, 2.24) is 9.55 Å². The van der Waals surface area contributed by atoms with Gasteiger partial charge in [-0.2, -0.15) is 13.2 Å². The first-order valence-corrected chi connectivity index (χ1v) is 6.32. The van der Waals surface area contributed by atoms with Crippen LogP contribution in [-0.2, 0) is 10.9 Å². The molecule has 1 aliphatic heterocycles. The van der Waals surface area contributed by atoms with Crippen LogP contribution in [0.3, 0.4) is 0 Å². The highest BCUT2D eigenvalue weighted by molar-refractivity contribution is 5.81. The van der Waals surface area contributed by atoms with E-state index in [0.29, 0.717) is 13.0 Å². The fraction of sp³-hybridized carbons (Fsp3) is 0.385. The summed E-state index contributed by atoms with van der Waals surface area (Å²) in [6, 6.07) is 2.73. The zero-order valence-electron chi connectivity index (χ0n) is 10.7. The molecule has 0 radical (unpaired) electrons. The second-order valence-corrected chi connectivity index (χ2v) is 4.85. The molecule has 2 heterocycles. The zero-order valence-corrected chi connectivity index (χ0v) is 10.7. The summed E-state index contributed by atoms with van der Waals surface area (Å²) in [5, 5.41) is -0.517. The Balaban J connectivity index is 2.37. The molecule has 0 amide bonds. The van der Waals surface area contributed by atoms with Crippen molar-refractivity contribution in [3.63, 3.8) is 0 Å². The van der Waals surface area contributed by atoms with Crippen molar-refractivity contribution < 1.29 is 17.9 Å². The summed E-state index contributed by atoms with van der Waals surface area (Å²) in [5.41, 5.74) is -2.82. The Hall–Kier alpha value is -2.09. The number of aromatic nitrogens is 2. The lowest BCUT2D eigenvalue weighted by molar-refractivity contribution is -0.136. The van der Waals surface area contributed by atoms with Gasteiger partial charge in [0, 0.05) is 6.61 Å². The summed E-state index contributed by atoms with van der Waals surface area (Å²) in [4.78, 5) is 26.7. The number of H-pyrrole nitrogens is 1. The summed E-state index contributed by atoms with van der Waals surface area (Å²) in [6.45, 7) is 0.512. The monoisotopic (exact) mass is 300 g/mol. The number of alkyl halides is 3. The Morgan fingerprint density at radius 3 is 2.67 bits per heavy atom. The number of fused-ring (bicyclic) bond motifs is 1. The first kappa shape index (κ1) is 13.9. The highest BCUT2D eigenvalue weighted by atomic mass is 19.4. The molecule has 2 aromatic rings. The topological polar surface area (TPSA) is 64.1 Å². The average Bonchev–Trinajstić information content (AvgIpc) is 2.90. The van der Waals surface area contributed by atoms with Crippen LogP contribution in [0.15, 0.2) is 27.8 Å². The predicted molar refractivity (Wildman–Crippen MR) is 68.3 cm³/mol. The smallest absolute Gasteiger partial charge is 0.379 e. The molecule has 0 saturated carbocycles. The molecule has 3 rings (SSSR count). The van der Waals surface area contributed by atoms with Crippen molar-refractivity contribution in [3.8, 4) is 0 Å². The number of hydrogen-bond acceptors (Lipinski definition) is 3. The molecular formula is C13H11F3N2O3. The van der Waals surface area contributed by atoms with E-state index in [-0.39, 0.29) is 12.1 Å². The van der Waals surface area contributed by atoms with Crippen LogP contribution in [0.5, 0.6) is 0 Å². The van der Waals surface area contributed by atoms with E-state index >= 15 is 0 Å². The van der Waals surface area contributed by atoms with Crippen LogP contribution in [0.4, 0.5) is 13.2 Å². The first-order valence-electron chi connectivity index (χ1n) is 6.32. The number of hydrogen-bond donors (Lipinski definition) is 1. The van der Waals surface area contributed by atoms with Crippen LogP contribution in [0.1, 0.15) is 18.0 Å². The van der Waals surface area contributed by atoms with E-state index in [0.717, 1.165) is 16.7 Å². The lowest BCUT2D eigenvalue weighted by atomic mass is 10.1. The van der Waals surface area contributed by atoms with Crippen molar-refractivity contribution in [2.75, 3.05) is 13.2 Å². The number of ether oxygens (including phenoxy) is 1. The van der Waals surface area contributed by atoms with E-state index in [9.17, 15) is 22.8 Å². The van der Waals surface area contributed by atoms with Gasteiger partial charge in [0.2, 0.25) is 0 Å². The molecule has 1 atom stereocenters. The molecule has 0 aliphatic carbocycles. The predicted octanol–water partition coefficient (Wildman–Crippen LogP) is 1.67. The Morgan fingerprint density at radius 1 is 1.29 bits per heavy atom. The lowest BCUT2D eigenvalue weighted by Crippen LogP contribution is -2.39. The second-order valence-electron chi connectivity index (χ2n) is 4.85. The standard InChI is InChI=1S/C13H11F3N2O3/c14-13(15,16)8-2-1-3-9-10(8)11(19)18(12(20)17-9)7-4-5-21-6-7/h1-3,7H,4-6H2,(H,17,20). The molecule has 5 nitrogen and oxygen atoms in total. The fourth-order valence-corrected chi connectivity index (χ4v) is 2.57. The van der Waals surface area contributed by atoms with Crippen molar-refractivity contribution in [2.24, 2.45) is 0 Å². The Labute approximate surface area is 116 Å². The van der Waals surface area contributed by atoms with Crippen LogP contribution in [0.25, 0.3) is 10.9 Å². The molecule has 1 aromatic carbocycles. The number of halogens is 3. The Bertz CT molecular complexity index is 801. The van der Waals surface area contributed by atoms with Gasteiger partial charge in [0.15, 0.2) is 0 Å². The van der Waals surface area contributed by atoms with Gasteiger partial charge in [0.05, 0.1) is 29.1 Å². The molecule has 1 unspecified atom stereocenters. The quantitative estimate of drug-likeness (QED) is 0.871. The van der Waals surface area contributed by atoms with E-state index in [1.807, 2.05) is 0 Å². The normalized spacial score (nSPS) is 19.3. The zero-order chi connectivity index (χ0) is 15.2. The molecule has 1 aromatic heterocycles. The number of rotatable bonds is 1. The van der Waals surface area contributed by atoms with E-state index in [1.165, 1.54) is 6.07 Å². The first-order chi connectivity index (χ1) is 9.89. The van der Waals surface area contributed by atoms with Crippen molar-refractivity contribution in [3.05, 3.63) is 44.6 Å². The molecule has 1 fully saturated rings. The van der Waals surface area contributed by atoms with Crippen LogP contribution in [0.2, 0.25) is 0 Å². The fourth-order valence-electron chi connectivity index (χ4n) is 2.57. The molecule has 8 heteroatoms. The minimum absolute atomic E-state index is 0.116. The van der Waals surface area contributed by atoms with Crippen LogP contribution in [0, 0.1) is 0 Å². The Morgan fingerprint density at radius 2 is 2.05 bits per heavy atom. The van der Waals surface area contributed by atoms with E-state index < -0.39 is 34.4 Å². The third kappa shape index (κ3) is 2.25. The molecule has 1 N–H and O–H groups in total. The van der Waals surface area contributed by atoms with Crippen LogP contribution in [-0.4, -0.2) is 22.8 Å². The maximum absolute atomic E-state index is 13.0. The minimum Gasteiger partial charge on any atom is -0.379 e. The van der Waals surface area contributed by atoms with Crippen molar-refractivity contribution in [1.29, 1.82) is 0 Å². The maximum atomic E-state index is 13.0. The molecule has 21 heavy (non-hydrogen) atoms. The van der Waals surface area contributed by atoms with E-state index in [2.05, 4.69) is 4.98 Å². The van der Waals surface area contributed by atoms with Gasteiger partial charge in [0.1, 0.15) is 0 Å². The highest BCUT2D eigenvalue weighted by Gasteiger charge is 2.34. The van der Waals surface area contributed by atoms with Crippen LogP contribution < -0.4 is 11.2 Å². The van der Waals surface area contributed by atoms with Gasteiger partial charge in [-0.1, -0.05) is 6.07 Å². The van der Waals surface area contributed by atoms with E-state index in [1.54, 1.807) is 0 Å². The summed E-state index contributed by atoms with van der Waals surface area (Å²) in [6.07, 6.45) is -4.25. The van der Waals surface area contributed by atoms with Gasteiger partial charge in [-0.05, 0) is 18.6 Å². The van der Waals surface area contributed by atoms with E-state index in [4.69, 9.17) is 4.74 Å². The SMILES string of the molecule is O=c1[nH]c2cccc(C(F)(F)F)c2c(=O)n1C1CCOC1. The lowest BCUT2D eigenvalue weighted by Gasteiger charge is -2.14. The molecule has 0 bridgehead atoms. The van der Waals surface area contributed by atoms with Crippen molar-refractivity contribution >= 4 is 10.9 Å². The molecule has 1 aliphatic rings. The molecule has 1 saturated heterocycles. The summed E-state index contributed by atoms with van der Waals surface area (Å²) in [5.74, 6) is 0. The molecular weight excluding hydrogens is 289 g/mol. The maximum Gasteiger partial charge on any atom is 0.417 e. The largest absolute Gasteiger partial charge is 0.417 e. The van der Waals surface area contributed by atoms with Gasteiger partial charge < -0.3 is 9.72 Å². The minimum atomic E-state index is -4.67. The molecule has 112 valence electrons. The van der Waals surface area contributed by atoms with Gasteiger partial charge in [-0.3, -0.25) is 9.36 Å².